The van der Waals surface area contributed by atoms with Gasteiger partial charge in [0.05, 0.1) is 6.20 Å². The van der Waals surface area contributed by atoms with E-state index in [1.807, 2.05) is 16.8 Å². The van der Waals surface area contributed by atoms with E-state index in [0.717, 1.165) is 43.1 Å². The SMILES string of the molecule is CCCNc1cn2ccnc2c(NC(C)(C)CCC)n1. The van der Waals surface area contributed by atoms with Gasteiger partial charge in [0.25, 0.3) is 0 Å². The van der Waals surface area contributed by atoms with Crippen LogP contribution in [0.4, 0.5) is 11.6 Å². The van der Waals surface area contributed by atoms with Crippen LogP contribution in [0.25, 0.3) is 5.65 Å². The van der Waals surface area contributed by atoms with Crippen LogP contribution < -0.4 is 10.6 Å². The molecule has 0 aliphatic rings. The smallest absolute Gasteiger partial charge is 0.180 e. The van der Waals surface area contributed by atoms with E-state index in [1.165, 1.54) is 0 Å². The van der Waals surface area contributed by atoms with E-state index < -0.39 is 0 Å². The third-order valence-electron chi connectivity index (χ3n) is 3.26. The minimum Gasteiger partial charge on any atom is -0.369 e. The number of rotatable bonds is 7. The summed E-state index contributed by atoms with van der Waals surface area (Å²) in [5, 5.41) is 6.87. The van der Waals surface area contributed by atoms with Crippen LogP contribution in [-0.4, -0.2) is 26.5 Å². The normalized spacial score (nSPS) is 11.8. The summed E-state index contributed by atoms with van der Waals surface area (Å²) in [4.78, 5) is 9.07. The lowest BCUT2D eigenvalue weighted by molar-refractivity contribution is 0.509. The standard InChI is InChI=1S/C15H25N5/c1-5-7-15(3,4)19-13-14-17-9-10-20(14)11-12(18-13)16-8-6-2/h9-11,16H,5-8H2,1-4H3,(H,18,19). The summed E-state index contributed by atoms with van der Waals surface area (Å²) in [6, 6.07) is 0. The molecule has 0 atom stereocenters. The summed E-state index contributed by atoms with van der Waals surface area (Å²) in [5.41, 5.74) is 0.883. The average molecular weight is 275 g/mol. The molecule has 0 saturated heterocycles. The van der Waals surface area contributed by atoms with Crippen molar-refractivity contribution in [3.8, 4) is 0 Å². The first-order valence-electron chi connectivity index (χ1n) is 7.41. The summed E-state index contributed by atoms with van der Waals surface area (Å²) in [7, 11) is 0. The molecule has 0 unspecified atom stereocenters. The Labute approximate surface area is 120 Å². The molecular formula is C15H25N5. The first-order valence-corrected chi connectivity index (χ1v) is 7.41. The molecule has 0 saturated carbocycles. The lowest BCUT2D eigenvalue weighted by Crippen LogP contribution is -2.31. The predicted octanol–water partition coefficient (Wildman–Crippen LogP) is 3.54. The quantitative estimate of drug-likeness (QED) is 0.811. The Kier molecular flexibility index (Phi) is 4.47. The number of anilines is 2. The fraction of sp³-hybridized carbons (Fsp3) is 0.600. The molecule has 2 heterocycles. The molecule has 5 heteroatoms. The van der Waals surface area contributed by atoms with Gasteiger partial charge in [0.15, 0.2) is 11.5 Å². The maximum Gasteiger partial charge on any atom is 0.180 e. The Bertz CT molecular complexity index is 558. The molecule has 20 heavy (non-hydrogen) atoms. The zero-order valence-corrected chi connectivity index (χ0v) is 12.9. The summed E-state index contributed by atoms with van der Waals surface area (Å²) in [6.07, 6.45) is 9.04. The van der Waals surface area contributed by atoms with E-state index >= 15 is 0 Å². The minimum absolute atomic E-state index is 0.0115. The Hall–Kier alpha value is -1.78. The predicted molar refractivity (Wildman–Crippen MR) is 84.4 cm³/mol. The molecule has 2 aromatic heterocycles. The van der Waals surface area contributed by atoms with Crippen molar-refractivity contribution in [3.05, 3.63) is 18.6 Å². The van der Waals surface area contributed by atoms with Gasteiger partial charge in [-0.2, -0.15) is 0 Å². The van der Waals surface area contributed by atoms with Gasteiger partial charge in [-0.3, -0.25) is 0 Å². The molecule has 0 aromatic carbocycles. The highest BCUT2D eigenvalue weighted by Gasteiger charge is 2.19. The highest BCUT2D eigenvalue weighted by Crippen LogP contribution is 2.23. The molecule has 5 nitrogen and oxygen atoms in total. The molecule has 0 amide bonds. The van der Waals surface area contributed by atoms with Crippen molar-refractivity contribution in [1.82, 2.24) is 14.4 Å². The first-order chi connectivity index (χ1) is 9.55. The van der Waals surface area contributed by atoms with Crippen LogP contribution in [0.5, 0.6) is 0 Å². The number of fused-ring (bicyclic) bond motifs is 1. The van der Waals surface area contributed by atoms with Crippen LogP contribution in [0, 0.1) is 0 Å². The second-order valence-corrected chi connectivity index (χ2v) is 5.82. The largest absolute Gasteiger partial charge is 0.369 e. The van der Waals surface area contributed by atoms with Crippen molar-refractivity contribution in [2.45, 2.75) is 52.5 Å². The lowest BCUT2D eigenvalue weighted by Gasteiger charge is -2.26. The molecule has 2 aromatic rings. The zero-order chi connectivity index (χ0) is 14.6. The van der Waals surface area contributed by atoms with Crippen molar-refractivity contribution in [3.63, 3.8) is 0 Å². The number of hydrogen-bond donors (Lipinski definition) is 2. The summed E-state index contributed by atoms with van der Waals surface area (Å²) < 4.78 is 2.01. The zero-order valence-electron chi connectivity index (χ0n) is 12.9. The van der Waals surface area contributed by atoms with Crippen molar-refractivity contribution in [1.29, 1.82) is 0 Å². The third kappa shape index (κ3) is 3.40. The molecule has 0 fully saturated rings. The number of imidazole rings is 1. The Morgan fingerprint density at radius 3 is 2.75 bits per heavy atom. The van der Waals surface area contributed by atoms with Crippen LogP contribution in [0.3, 0.4) is 0 Å². The van der Waals surface area contributed by atoms with Gasteiger partial charge in [-0.05, 0) is 26.7 Å². The average Bonchev–Trinajstić information content (AvgIpc) is 2.84. The van der Waals surface area contributed by atoms with E-state index in [9.17, 15) is 0 Å². The molecule has 0 aliphatic heterocycles. The molecule has 0 spiro atoms. The number of nitrogens with zero attached hydrogens (tertiary/aromatic N) is 3. The molecule has 2 rings (SSSR count). The topological polar surface area (TPSA) is 54.2 Å². The molecule has 110 valence electrons. The second-order valence-electron chi connectivity index (χ2n) is 5.82. The molecule has 0 aliphatic carbocycles. The maximum atomic E-state index is 4.67. The highest BCUT2D eigenvalue weighted by molar-refractivity contribution is 5.66. The monoisotopic (exact) mass is 275 g/mol. The van der Waals surface area contributed by atoms with Crippen LogP contribution in [0.1, 0.15) is 47.0 Å². The Morgan fingerprint density at radius 2 is 2.05 bits per heavy atom. The van der Waals surface area contributed by atoms with Crippen molar-refractivity contribution in [2.24, 2.45) is 0 Å². The van der Waals surface area contributed by atoms with Gasteiger partial charge in [-0.15, -0.1) is 0 Å². The van der Waals surface area contributed by atoms with Gasteiger partial charge < -0.3 is 15.0 Å². The van der Waals surface area contributed by atoms with E-state index in [0.29, 0.717) is 0 Å². The molecular weight excluding hydrogens is 250 g/mol. The fourth-order valence-electron chi connectivity index (χ4n) is 2.36. The molecule has 0 bridgehead atoms. The molecule has 2 N–H and O–H groups in total. The summed E-state index contributed by atoms with van der Waals surface area (Å²) in [5.74, 6) is 1.72. The van der Waals surface area contributed by atoms with Crippen molar-refractivity contribution < 1.29 is 0 Å². The summed E-state index contributed by atoms with van der Waals surface area (Å²) in [6.45, 7) is 9.66. The van der Waals surface area contributed by atoms with E-state index in [-0.39, 0.29) is 5.54 Å². The third-order valence-corrected chi connectivity index (χ3v) is 3.26. The van der Waals surface area contributed by atoms with Crippen molar-refractivity contribution >= 4 is 17.3 Å². The molecule has 0 radical (unpaired) electrons. The van der Waals surface area contributed by atoms with Crippen LogP contribution >= 0.6 is 0 Å². The first kappa shape index (κ1) is 14.6. The van der Waals surface area contributed by atoms with Crippen LogP contribution in [0.2, 0.25) is 0 Å². The van der Waals surface area contributed by atoms with Gasteiger partial charge in [0.2, 0.25) is 0 Å². The highest BCUT2D eigenvalue weighted by atomic mass is 15.2. The van der Waals surface area contributed by atoms with E-state index in [1.54, 1.807) is 6.20 Å². The van der Waals surface area contributed by atoms with Crippen molar-refractivity contribution in [2.75, 3.05) is 17.2 Å². The second kappa shape index (κ2) is 6.11. The van der Waals surface area contributed by atoms with Gasteiger partial charge in [0.1, 0.15) is 5.82 Å². The van der Waals surface area contributed by atoms with Crippen LogP contribution in [-0.2, 0) is 0 Å². The number of hydrogen-bond acceptors (Lipinski definition) is 4. The number of aromatic nitrogens is 3. The van der Waals surface area contributed by atoms with Gasteiger partial charge in [0, 0.05) is 24.5 Å². The van der Waals surface area contributed by atoms with Gasteiger partial charge >= 0.3 is 0 Å². The Balaban J connectivity index is 2.32. The Morgan fingerprint density at radius 1 is 1.25 bits per heavy atom. The number of nitrogens with one attached hydrogen (secondary N) is 2. The summed E-state index contributed by atoms with van der Waals surface area (Å²) >= 11 is 0. The fourth-order valence-corrected chi connectivity index (χ4v) is 2.36. The van der Waals surface area contributed by atoms with E-state index in [4.69, 9.17) is 0 Å². The maximum absolute atomic E-state index is 4.67. The van der Waals surface area contributed by atoms with E-state index in [2.05, 4.69) is 48.3 Å². The van der Waals surface area contributed by atoms with Gasteiger partial charge in [-0.1, -0.05) is 20.3 Å². The van der Waals surface area contributed by atoms with Gasteiger partial charge in [-0.25, -0.2) is 9.97 Å². The minimum atomic E-state index is 0.0115. The lowest BCUT2D eigenvalue weighted by atomic mass is 9.99. The van der Waals surface area contributed by atoms with Crippen LogP contribution in [0.15, 0.2) is 18.6 Å².